The van der Waals surface area contributed by atoms with E-state index in [4.69, 9.17) is 4.74 Å². The number of carbonyl (C=O) groups excluding carboxylic acids is 4. The van der Waals surface area contributed by atoms with E-state index in [2.05, 4.69) is 19.1 Å². The van der Waals surface area contributed by atoms with E-state index in [0.717, 1.165) is 16.7 Å². The highest BCUT2D eigenvalue weighted by Crippen LogP contribution is 2.62. The molecule has 1 aliphatic carbocycles. The third-order valence-electron chi connectivity index (χ3n) is 8.89. The van der Waals surface area contributed by atoms with Crippen LogP contribution in [0.25, 0.3) is 0 Å². The van der Waals surface area contributed by atoms with E-state index in [9.17, 15) is 19.2 Å². The first-order valence-corrected chi connectivity index (χ1v) is 14.8. The van der Waals surface area contributed by atoms with Crippen LogP contribution in [0.3, 0.4) is 0 Å². The molecule has 0 aromatic heterocycles. The number of hydrogen-bond acceptors (Lipinski definition) is 5. The zero-order valence-corrected chi connectivity index (χ0v) is 26.8. The number of ether oxygens (including phenoxy) is 1. The van der Waals surface area contributed by atoms with Gasteiger partial charge in [-0.3, -0.25) is 19.2 Å². The number of rotatable bonds is 12. The molecular formula is C35H52O5. The van der Waals surface area contributed by atoms with Crippen LogP contribution in [0.5, 0.6) is 0 Å². The summed E-state index contributed by atoms with van der Waals surface area (Å²) >= 11 is 0. The molecule has 1 aliphatic heterocycles. The number of allylic oxidation sites excluding steroid dienone is 7. The van der Waals surface area contributed by atoms with Gasteiger partial charge in [0.2, 0.25) is 11.6 Å². The maximum Gasteiger partial charge on any atom is 0.321 e. The van der Waals surface area contributed by atoms with Gasteiger partial charge in [-0.05, 0) is 98.8 Å². The molecule has 2 fully saturated rings. The molecule has 0 unspecified atom stereocenters. The third kappa shape index (κ3) is 6.66. The topological polar surface area (TPSA) is 77.5 Å². The van der Waals surface area contributed by atoms with Crippen molar-refractivity contribution in [2.75, 3.05) is 0 Å². The number of Topliss-reactive ketones (excluding diaryl/α,β-unsaturated/α-hetero) is 3. The maximum atomic E-state index is 14.9. The highest BCUT2D eigenvalue weighted by atomic mass is 16.6. The molecule has 2 rings (SSSR count). The summed E-state index contributed by atoms with van der Waals surface area (Å²) in [7, 11) is 0. The van der Waals surface area contributed by atoms with Crippen LogP contribution in [0.4, 0.5) is 0 Å². The van der Waals surface area contributed by atoms with Gasteiger partial charge in [-0.1, -0.05) is 67.4 Å². The number of hydrogen-bond donors (Lipinski definition) is 0. The van der Waals surface area contributed by atoms with E-state index in [1.807, 2.05) is 67.5 Å². The second-order valence-electron chi connectivity index (χ2n) is 13.7. The van der Waals surface area contributed by atoms with Crippen molar-refractivity contribution in [3.63, 3.8) is 0 Å². The summed E-state index contributed by atoms with van der Waals surface area (Å²) in [4.78, 5) is 56.7. The van der Waals surface area contributed by atoms with E-state index >= 15 is 0 Å². The van der Waals surface area contributed by atoms with Gasteiger partial charge in [0.15, 0.2) is 11.4 Å². The standard InChI is InChI=1S/C35H52O5/c1-22(2)13-12-18-33(11)27(15-14-23(3)4)21-34(19-16-24(5)6)31(38)35(40-32(34)39,20-17-25(7)8)30(33)29(37)28(36)26(9)10/h13-14,16-17,26-27,30H,12,15,18-21H2,1-11H3/t27-,30+,33+,34+,35-/m0/s1. The highest BCUT2D eigenvalue weighted by Gasteiger charge is 2.74. The zero-order valence-electron chi connectivity index (χ0n) is 26.8. The van der Waals surface area contributed by atoms with Crippen LogP contribution in [0, 0.1) is 28.6 Å². The molecular weight excluding hydrogens is 500 g/mol. The summed E-state index contributed by atoms with van der Waals surface area (Å²) in [6.45, 7) is 21.4. The molecule has 1 saturated carbocycles. The van der Waals surface area contributed by atoms with Gasteiger partial charge in [0.25, 0.3) is 0 Å². The van der Waals surface area contributed by atoms with Crippen LogP contribution < -0.4 is 0 Å². The normalized spacial score (nSPS) is 29.3. The van der Waals surface area contributed by atoms with Crippen molar-refractivity contribution in [3.05, 3.63) is 46.6 Å². The lowest BCUT2D eigenvalue weighted by Gasteiger charge is -2.48. The molecule has 5 atom stereocenters. The first kappa shape index (κ1) is 33.6. The van der Waals surface area contributed by atoms with Gasteiger partial charge in [0.05, 0.1) is 5.92 Å². The summed E-state index contributed by atoms with van der Waals surface area (Å²) in [5, 5.41) is 0. The number of ketones is 3. The fraction of sp³-hybridized carbons (Fsp3) is 0.657. The molecule has 2 aliphatic rings. The Hall–Kier alpha value is -2.56. The van der Waals surface area contributed by atoms with Gasteiger partial charge in [0.1, 0.15) is 5.41 Å². The minimum atomic E-state index is -1.72. The van der Waals surface area contributed by atoms with E-state index in [1.165, 1.54) is 5.57 Å². The molecule has 222 valence electrons. The van der Waals surface area contributed by atoms with Gasteiger partial charge in [-0.2, -0.15) is 0 Å². The summed E-state index contributed by atoms with van der Waals surface area (Å²) in [6.07, 6.45) is 10.6. The van der Waals surface area contributed by atoms with Crippen molar-refractivity contribution in [2.24, 2.45) is 28.6 Å². The Morgan fingerprint density at radius 3 is 1.88 bits per heavy atom. The van der Waals surface area contributed by atoms with E-state index in [0.29, 0.717) is 25.7 Å². The lowest BCUT2D eigenvalue weighted by atomic mass is 9.57. The van der Waals surface area contributed by atoms with Crippen LogP contribution in [-0.4, -0.2) is 28.9 Å². The lowest BCUT2D eigenvalue weighted by Crippen LogP contribution is -2.57. The Balaban J connectivity index is 3.03. The number of esters is 1. The molecule has 2 bridgehead atoms. The Morgan fingerprint density at radius 1 is 0.850 bits per heavy atom. The average Bonchev–Trinajstić information content (AvgIpc) is 3.00. The molecule has 1 saturated heterocycles. The molecule has 40 heavy (non-hydrogen) atoms. The molecule has 0 aromatic carbocycles. The predicted molar refractivity (Wildman–Crippen MR) is 162 cm³/mol. The minimum absolute atomic E-state index is 0.0891. The fourth-order valence-corrected chi connectivity index (χ4v) is 6.53. The van der Waals surface area contributed by atoms with Crippen LogP contribution >= 0.6 is 0 Å². The Bertz CT molecular complexity index is 1130. The molecule has 0 amide bonds. The van der Waals surface area contributed by atoms with Gasteiger partial charge < -0.3 is 4.74 Å². The SMILES string of the molecule is CC(C)=CCC[C@]1(C)[C@@H](CC=C(C)C)C[C@@]2(CC=C(C)C)C(=O)O[C@](CC=C(C)C)(C2=O)[C@@H]1C(=O)C(=O)C(C)C. The van der Waals surface area contributed by atoms with Crippen LogP contribution in [0.15, 0.2) is 46.6 Å². The first-order valence-electron chi connectivity index (χ1n) is 14.8. The molecule has 5 heteroatoms. The predicted octanol–water partition coefficient (Wildman–Crippen LogP) is 8.09. The molecule has 0 aromatic rings. The largest absolute Gasteiger partial charge is 0.449 e. The third-order valence-corrected chi connectivity index (χ3v) is 8.89. The zero-order chi connectivity index (χ0) is 30.6. The van der Waals surface area contributed by atoms with Crippen molar-refractivity contribution in [2.45, 2.75) is 120 Å². The van der Waals surface area contributed by atoms with Gasteiger partial charge in [-0.25, -0.2) is 0 Å². The Kier molecular flexibility index (Phi) is 10.9. The molecule has 0 N–H and O–H groups in total. The van der Waals surface area contributed by atoms with Crippen molar-refractivity contribution < 1.29 is 23.9 Å². The maximum absolute atomic E-state index is 14.9. The Morgan fingerprint density at radius 2 is 1.38 bits per heavy atom. The van der Waals surface area contributed by atoms with Crippen molar-refractivity contribution >= 4 is 23.3 Å². The Labute approximate surface area is 242 Å². The van der Waals surface area contributed by atoms with Crippen LogP contribution in [-0.2, 0) is 23.9 Å². The first-order chi connectivity index (χ1) is 18.4. The van der Waals surface area contributed by atoms with Gasteiger partial charge in [0, 0.05) is 12.3 Å². The molecule has 5 nitrogen and oxygen atoms in total. The van der Waals surface area contributed by atoms with Gasteiger partial charge in [-0.15, -0.1) is 0 Å². The van der Waals surface area contributed by atoms with E-state index in [-0.39, 0.29) is 24.5 Å². The lowest BCUT2D eigenvalue weighted by molar-refractivity contribution is -0.176. The molecule has 1 heterocycles. The summed E-state index contributed by atoms with van der Waals surface area (Å²) in [6, 6.07) is 0. The summed E-state index contributed by atoms with van der Waals surface area (Å²) < 4.78 is 6.25. The second kappa shape index (κ2) is 13.0. The van der Waals surface area contributed by atoms with Gasteiger partial charge >= 0.3 is 5.97 Å². The second-order valence-corrected chi connectivity index (χ2v) is 13.7. The summed E-state index contributed by atoms with van der Waals surface area (Å²) in [5.74, 6) is -3.76. The number of fused-ring (bicyclic) bond motifs is 2. The minimum Gasteiger partial charge on any atom is -0.449 e. The van der Waals surface area contributed by atoms with E-state index < -0.39 is 45.8 Å². The van der Waals surface area contributed by atoms with Crippen LogP contribution in [0.2, 0.25) is 0 Å². The monoisotopic (exact) mass is 552 g/mol. The smallest absolute Gasteiger partial charge is 0.321 e. The van der Waals surface area contributed by atoms with Crippen molar-refractivity contribution in [1.82, 2.24) is 0 Å². The molecule has 0 spiro atoms. The highest BCUT2D eigenvalue weighted by molar-refractivity contribution is 6.40. The van der Waals surface area contributed by atoms with E-state index in [1.54, 1.807) is 13.8 Å². The van der Waals surface area contributed by atoms with Crippen molar-refractivity contribution in [3.8, 4) is 0 Å². The quantitative estimate of drug-likeness (QED) is 0.106. The average molecular weight is 553 g/mol. The molecule has 0 radical (unpaired) electrons. The van der Waals surface area contributed by atoms with Crippen molar-refractivity contribution in [1.29, 1.82) is 0 Å². The summed E-state index contributed by atoms with van der Waals surface area (Å²) in [5.41, 5.74) is 0.397. The fourth-order valence-electron chi connectivity index (χ4n) is 6.53. The van der Waals surface area contributed by atoms with Crippen LogP contribution in [0.1, 0.15) is 115 Å². The number of carbonyl (C=O) groups is 4.